The van der Waals surface area contributed by atoms with Crippen LogP contribution in [0.4, 0.5) is 4.79 Å². The van der Waals surface area contributed by atoms with Crippen LogP contribution in [0.5, 0.6) is 5.75 Å². The molecule has 5 nitrogen and oxygen atoms in total. The van der Waals surface area contributed by atoms with Gasteiger partial charge in [-0.25, -0.2) is 0 Å². The Morgan fingerprint density at radius 3 is 2.43 bits per heavy atom. The normalized spacial score (nSPS) is 15.5. The Kier molecular flexibility index (Phi) is 7.77. The lowest BCUT2D eigenvalue weighted by Crippen LogP contribution is -2.31. The standard InChI is InChI=1S/C20H17I2NO4S/c1-26-8-7-23-19(24)17(28-20(23)25)11-14-9-15(21)18(16(22)10-14)27-12-13-5-3-2-4-6-13/h2-6,9-11H,7-8,12H2,1H3/b17-11+. The molecule has 0 spiro atoms. The zero-order chi connectivity index (χ0) is 20.1. The van der Waals surface area contributed by atoms with Gasteiger partial charge in [0.1, 0.15) is 12.4 Å². The van der Waals surface area contributed by atoms with E-state index in [1.54, 1.807) is 13.2 Å². The van der Waals surface area contributed by atoms with E-state index in [0.29, 0.717) is 18.1 Å². The Morgan fingerprint density at radius 2 is 1.79 bits per heavy atom. The maximum atomic E-state index is 12.5. The molecule has 0 radical (unpaired) electrons. The third-order valence-electron chi connectivity index (χ3n) is 3.94. The quantitative estimate of drug-likeness (QED) is 0.316. The van der Waals surface area contributed by atoms with Gasteiger partial charge in [0.15, 0.2) is 0 Å². The summed E-state index contributed by atoms with van der Waals surface area (Å²) in [6.07, 6.45) is 1.75. The molecule has 0 aliphatic carbocycles. The fourth-order valence-corrected chi connectivity index (χ4v) is 5.55. The number of nitrogens with zero attached hydrogens (tertiary/aromatic N) is 1. The number of benzene rings is 2. The maximum Gasteiger partial charge on any atom is 0.293 e. The Bertz CT molecular complexity index is 895. The second-order valence-electron chi connectivity index (χ2n) is 5.91. The van der Waals surface area contributed by atoms with Crippen molar-refractivity contribution in [1.82, 2.24) is 4.90 Å². The monoisotopic (exact) mass is 621 g/mol. The first-order valence-electron chi connectivity index (χ1n) is 8.39. The molecule has 1 saturated heterocycles. The van der Waals surface area contributed by atoms with Crippen LogP contribution in [0.15, 0.2) is 47.4 Å². The van der Waals surface area contributed by atoms with Crippen LogP contribution in [-0.2, 0) is 16.1 Å². The van der Waals surface area contributed by atoms with Crippen LogP contribution in [0.3, 0.4) is 0 Å². The van der Waals surface area contributed by atoms with Gasteiger partial charge in [0.05, 0.1) is 25.2 Å². The molecule has 3 rings (SSSR count). The van der Waals surface area contributed by atoms with Gasteiger partial charge in [-0.1, -0.05) is 30.3 Å². The Balaban J connectivity index is 1.76. The molecule has 1 fully saturated rings. The lowest BCUT2D eigenvalue weighted by Gasteiger charge is -2.12. The van der Waals surface area contributed by atoms with Gasteiger partial charge in [-0.3, -0.25) is 14.5 Å². The summed E-state index contributed by atoms with van der Waals surface area (Å²) in [5, 5.41) is -0.263. The Morgan fingerprint density at radius 1 is 1.11 bits per heavy atom. The fourth-order valence-electron chi connectivity index (χ4n) is 2.56. The molecule has 0 atom stereocenters. The highest BCUT2D eigenvalue weighted by Gasteiger charge is 2.34. The van der Waals surface area contributed by atoms with Gasteiger partial charge in [-0.2, -0.15) is 0 Å². The van der Waals surface area contributed by atoms with Crippen LogP contribution in [0.1, 0.15) is 11.1 Å². The highest BCUT2D eigenvalue weighted by atomic mass is 127. The Labute approximate surface area is 195 Å². The van der Waals surface area contributed by atoms with Gasteiger partial charge in [0, 0.05) is 7.11 Å². The highest BCUT2D eigenvalue weighted by Crippen LogP contribution is 2.35. The molecule has 146 valence electrons. The summed E-state index contributed by atoms with van der Waals surface area (Å²) in [6, 6.07) is 13.9. The number of methoxy groups -OCH3 is 1. The van der Waals surface area contributed by atoms with Crippen LogP contribution < -0.4 is 4.74 Å². The van der Waals surface area contributed by atoms with Gasteiger partial charge in [-0.15, -0.1) is 0 Å². The third-order valence-corrected chi connectivity index (χ3v) is 6.45. The average molecular weight is 621 g/mol. The molecule has 0 unspecified atom stereocenters. The number of thioether (sulfide) groups is 1. The van der Waals surface area contributed by atoms with Crippen molar-refractivity contribution in [1.29, 1.82) is 0 Å². The fraction of sp³-hybridized carbons (Fsp3) is 0.200. The first-order valence-corrected chi connectivity index (χ1v) is 11.4. The summed E-state index contributed by atoms with van der Waals surface area (Å²) in [7, 11) is 1.54. The summed E-state index contributed by atoms with van der Waals surface area (Å²) in [5.41, 5.74) is 1.96. The highest BCUT2D eigenvalue weighted by molar-refractivity contribution is 14.1. The number of rotatable bonds is 7. The van der Waals surface area contributed by atoms with Crippen LogP contribution >= 0.6 is 56.9 Å². The zero-order valence-electron chi connectivity index (χ0n) is 15.0. The number of hydrogen-bond donors (Lipinski definition) is 0. The van der Waals surface area contributed by atoms with Gasteiger partial charge in [0.2, 0.25) is 0 Å². The zero-order valence-corrected chi connectivity index (χ0v) is 20.1. The minimum Gasteiger partial charge on any atom is -0.487 e. The number of amides is 2. The van der Waals surface area contributed by atoms with E-state index in [1.807, 2.05) is 42.5 Å². The van der Waals surface area contributed by atoms with E-state index in [2.05, 4.69) is 45.2 Å². The predicted molar refractivity (Wildman–Crippen MR) is 127 cm³/mol. The van der Waals surface area contributed by atoms with E-state index in [0.717, 1.165) is 35.8 Å². The van der Waals surface area contributed by atoms with Crippen LogP contribution in [-0.4, -0.2) is 36.3 Å². The summed E-state index contributed by atoms with van der Waals surface area (Å²) in [4.78, 5) is 26.1. The van der Waals surface area contributed by atoms with Gasteiger partial charge < -0.3 is 9.47 Å². The lowest BCUT2D eigenvalue weighted by atomic mass is 10.2. The molecule has 0 aromatic heterocycles. The second kappa shape index (κ2) is 10.1. The number of carbonyl (C=O) groups excluding carboxylic acids is 2. The average Bonchev–Trinajstić information content (AvgIpc) is 2.93. The lowest BCUT2D eigenvalue weighted by molar-refractivity contribution is -0.123. The van der Waals surface area contributed by atoms with Crippen LogP contribution in [0.25, 0.3) is 6.08 Å². The molecule has 0 saturated carbocycles. The molecule has 8 heteroatoms. The molecule has 1 aliphatic heterocycles. The molecule has 2 aromatic carbocycles. The van der Waals surface area contributed by atoms with Crippen molar-refractivity contribution in [3.63, 3.8) is 0 Å². The van der Waals surface area contributed by atoms with Crippen molar-refractivity contribution in [3.05, 3.63) is 65.6 Å². The number of hydrogen-bond acceptors (Lipinski definition) is 5. The first-order chi connectivity index (χ1) is 13.5. The van der Waals surface area contributed by atoms with Gasteiger partial charge >= 0.3 is 0 Å². The number of carbonyl (C=O) groups is 2. The van der Waals surface area contributed by atoms with Crippen molar-refractivity contribution in [2.75, 3.05) is 20.3 Å². The first kappa shape index (κ1) is 21.6. The van der Waals surface area contributed by atoms with Crippen molar-refractivity contribution >= 4 is 74.2 Å². The molecule has 1 aliphatic rings. The van der Waals surface area contributed by atoms with E-state index in [-0.39, 0.29) is 17.7 Å². The summed E-state index contributed by atoms with van der Waals surface area (Å²) < 4.78 is 12.9. The number of ether oxygens (including phenoxy) is 2. The van der Waals surface area contributed by atoms with Crippen molar-refractivity contribution in [2.45, 2.75) is 6.61 Å². The molecular weight excluding hydrogens is 604 g/mol. The van der Waals surface area contributed by atoms with Crippen molar-refractivity contribution < 1.29 is 19.1 Å². The molecule has 2 aromatic rings. The van der Waals surface area contributed by atoms with Gasteiger partial charge in [-0.05, 0) is 86.3 Å². The number of imide groups is 1. The maximum absolute atomic E-state index is 12.5. The van der Waals surface area contributed by atoms with Crippen LogP contribution in [0, 0.1) is 7.14 Å². The van der Waals surface area contributed by atoms with E-state index < -0.39 is 0 Å². The molecular formula is C20H17I2NO4S. The van der Waals surface area contributed by atoms with Crippen LogP contribution in [0.2, 0.25) is 0 Å². The smallest absolute Gasteiger partial charge is 0.293 e. The SMILES string of the molecule is COCCN1C(=O)S/C(=C/c2cc(I)c(OCc3ccccc3)c(I)c2)C1=O. The minimum absolute atomic E-state index is 0.263. The largest absolute Gasteiger partial charge is 0.487 e. The van der Waals surface area contributed by atoms with Crippen molar-refractivity contribution in [3.8, 4) is 5.75 Å². The molecule has 0 N–H and O–H groups in total. The number of halogens is 2. The molecule has 2 amide bonds. The van der Waals surface area contributed by atoms with E-state index >= 15 is 0 Å². The van der Waals surface area contributed by atoms with Crippen molar-refractivity contribution in [2.24, 2.45) is 0 Å². The van der Waals surface area contributed by atoms with Gasteiger partial charge in [0.25, 0.3) is 11.1 Å². The third kappa shape index (κ3) is 5.28. The summed E-state index contributed by atoms with van der Waals surface area (Å²) in [6.45, 7) is 1.08. The van der Waals surface area contributed by atoms with E-state index in [9.17, 15) is 9.59 Å². The summed E-state index contributed by atoms with van der Waals surface area (Å²) >= 11 is 5.41. The van der Waals surface area contributed by atoms with E-state index in [4.69, 9.17) is 9.47 Å². The summed E-state index contributed by atoms with van der Waals surface area (Å²) in [5.74, 6) is 0.539. The molecule has 1 heterocycles. The Hall–Kier alpha value is -1.11. The molecule has 0 bridgehead atoms. The van der Waals surface area contributed by atoms with E-state index in [1.165, 1.54) is 4.90 Å². The predicted octanol–water partition coefficient (Wildman–Crippen LogP) is 5.16. The topological polar surface area (TPSA) is 55.8 Å². The minimum atomic E-state index is -0.276. The molecule has 28 heavy (non-hydrogen) atoms. The second-order valence-corrected chi connectivity index (χ2v) is 9.23.